The van der Waals surface area contributed by atoms with Gasteiger partial charge in [-0.2, -0.15) is 0 Å². The molecule has 0 aromatic heterocycles. The predicted molar refractivity (Wildman–Crippen MR) is 67.4 cm³/mol. The van der Waals surface area contributed by atoms with Gasteiger partial charge in [0.15, 0.2) is 0 Å². The second kappa shape index (κ2) is 5.97. The van der Waals surface area contributed by atoms with Crippen LogP contribution in [-0.4, -0.2) is 50.6 Å². The Bertz CT molecular complexity index is 386. The highest BCUT2D eigenvalue weighted by molar-refractivity contribution is 6.07. The van der Waals surface area contributed by atoms with Gasteiger partial charge in [0.25, 0.3) is 0 Å². The maximum Gasteiger partial charge on any atom is 0.354 e. The monoisotopic (exact) mass is 253 g/mol. The van der Waals surface area contributed by atoms with Crippen LogP contribution in [0.3, 0.4) is 0 Å². The molecule has 0 amide bonds. The lowest BCUT2D eigenvalue weighted by Crippen LogP contribution is -2.38. The average molecular weight is 253 g/mol. The summed E-state index contributed by atoms with van der Waals surface area (Å²) in [4.78, 5) is 16.2. The van der Waals surface area contributed by atoms with Crippen LogP contribution in [0.5, 0.6) is 0 Å². The first-order chi connectivity index (χ1) is 8.72. The van der Waals surface area contributed by atoms with Gasteiger partial charge < -0.3 is 20.5 Å². The van der Waals surface area contributed by atoms with Gasteiger partial charge in [0, 0.05) is 30.8 Å². The summed E-state index contributed by atoms with van der Waals surface area (Å²) in [7, 11) is 0. The van der Waals surface area contributed by atoms with E-state index in [0.717, 1.165) is 24.3 Å². The number of aliphatic imine (C=N–C) groups is 1. The van der Waals surface area contributed by atoms with Crippen molar-refractivity contribution < 1.29 is 14.3 Å². The van der Waals surface area contributed by atoms with E-state index >= 15 is 0 Å². The van der Waals surface area contributed by atoms with E-state index in [2.05, 4.69) is 10.3 Å². The van der Waals surface area contributed by atoms with Gasteiger partial charge >= 0.3 is 5.97 Å². The normalized spacial score (nSPS) is 25.7. The minimum Gasteiger partial charge on any atom is -0.461 e. The second-order valence-corrected chi connectivity index (χ2v) is 4.31. The largest absolute Gasteiger partial charge is 0.461 e. The average Bonchev–Trinajstić information content (AvgIpc) is 2.34. The van der Waals surface area contributed by atoms with Gasteiger partial charge in [0.2, 0.25) is 0 Å². The molecule has 0 atom stereocenters. The number of carbonyl (C=O) groups is 1. The molecule has 2 fully saturated rings. The molecule has 6 heteroatoms. The highest BCUT2D eigenvalue weighted by Gasteiger charge is 2.24. The summed E-state index contributed by atoms with van der Waals surface area (Å²) in [6, 6.07) is 0.211. The maximum absolute atomic E-state index is 11.6. The molecule has 100 valence electrons. The molecule has 2 saturated heterocycles. The molecule has 6 nitrogen and oxygen atoms in total. The fourth-order valence-electron chi connectivity index (χ4n) is 1.92. The zero-order chi connectivity index (χ0) is 13.0. The van der Waals surface area contributed by atoms with E-state index in [0.29, 0.717) is 26.4 Å². The summed E-state index contributed by atoms with van der Waals surface area (Å²) in [5, 5.41) is 3.19. The van der Waals surface area contributed by atoms with Gasteiger partial charge in [0.05, 0.1) is 25.9 Å². The van der Waals surface area contributed by atoms with Crippen molar-refractivity contribution in [1.82, 2.24) is 5.32 Å². The first kappa shape index (κ1) is 13.0. The smallest absolute Gasteiger partial charge is 0.354 e. The van der Waals surface area contributed by atoms with Crippen LogP contribution in [0.15, 0.2) is 16.3 Å². The lowest BCUT2D eigenvalue weighted by atomic mass is 10.0. The molecule has 18 heavy (non-hydrogen) atoms. The van der Waals surface area contributed by atoms with Crippen molar-refractivity contribution in [2.45, 2.75) is 19.4 Å². The van der Waals surface area contributed by atoms with E-state index in [4.69, 9.17) is 15.2 Å². The molecule has 3 N–H and O–H groups in total. The van der Waals surface area contributed by atoms with Gasteiger partial charge in [-0.25, -0.2) is 4.79 Å². The third kappa shape index (κ3) is 2.88. The number of esters is 1. The van der Waals surface area contributed by atoms with Gasteiger partial charge in [0.1, 0.15) is 5.70 Å². The molecule has 0 saturated carbocycles. The van der Waals surface area contributed by atoms with Crippen molar-refractivity contribution in [3.05, 3.63) is 11.3 Å². The van der Waals surface area contributed by atoms with Crippen LogP contribution in [0.4, 0.5) is 0 Å². The molecule has 0 unspecified atom stereocenters. The number of hydrogen-bond acceptors (Lipinski definition) is 6. The summed E-state index contributed by atoms with van der Waals surface area (Å²) in [5.74, 6) is -0.464. The minimum absolute atomic E-state index is 0.169. The zero-order valence-corrected chi connectivity index (χ0v) is 10.6. The Hall–Kier alpha value is -1.40. The molecule has 0 aliphatic carbocycles. The molecule has 2 heterocycles. The van der Waals surface area contributed by atoms with Crippen LogP contribution in [0.2, 0.25) is 0 Å². The number of piperidine rings is 1. The lowest BCUT2D eigenvalue weighted by molar-refractivity contribution is -0.138. The van der Waals surface area contributed by atoms with Crippen molar-refractivity contribution in [3.8, 4) is 0 Å². The molecule has 0 aromatic carbocycles. The Morgan fingerprint density at radius 3 is 3.00 bits per heavy atom. The third-order valence-electron chi connectivity index (χ3n) is 2.97. The third-order valence-corrected chi connectivity index (χ3v) is 2.97. The Balaban J connectivity index is 2.18. The van der Waals surface area contributed by atoms with Crippen LogP contribution in [0.1, 0.15) is 13.3 Å². The molecule has 0 bridgehead atoms. The highest BCUT2D eigenvalue weighted by atomic mass is 16.5. The summed E-state index contributed by atoms with van der Waals surface area (Å²) >= 11 is 0. The van der Waals surface area contributed by atoms with E-state index < -0.39 is 5.97 Å². The van der Waals surface area contributed by atoms with E-state index in [1.54, 1.807) is 6.92 Å². The summed E-state index contributed by atoms with van der Waals surface area (Å²) in [5.41, 5.74) is 7.71. The Morgan fingerprint density at radius 1 is 1.61 bits per heavy atom. The minimum atomic E-state index is -0.464. The van der Waals surface area contributed by atoms with Crippen LogP contribution >= 0.6 is 0 Å². The van der Waals surface area contributed by atoms with Crippen LogP contribution in [0, 0.1) is 0 Å². The number of nitrogens with zero attached hydrogens (tertiary/aromatic N) is 1. The van der Waals surface area contributed by atoms with Gasteiger partial charge in [-0.15, -0.1) is 0 Å². The number of ether oxygens (including phenoxy) is 2. The SMILES string of the molecule is CCOC(=O)/C(N)=C1\CNCCC1=NC1COC1. The molecule has 0 radical (unpaired) electrons. The maximum atomic E-state index is 11.6. The molecule has 2 rings (SSSR count). The molecule has 2 aliphatic rings. The quantitative estimate of drug-likeness (QED) is 0.528. The van der Waals surface area contributed by atoms with Crippen LogP contribution in [0.25, 0.3) is 0 Å². The molecular formula is C12H19N3O3. The Labute approximate surface area is 106 Å². The summed E-state index contributed by atoms with van der Waals surface area (Å²) in [6.45, 7) is 4.81. The fourth-order valence-corrected chi connectivity index (χ4v) is 1.92. The molecule has 0 aromatic rings. The standard InChI is InChI=1S/C12H19N3O3/c1-2-18-12(16)11(13)9-5-14-4-3-10(9)15-8-6-17-7-8/h8,14H,2-7,13H2,1H3/b11-9-,15-10?. The van der Waals surface area contributed by atoms with E-state index in [1.807, 2.05) is 0 Å². The van der Waals surface area contributed by atoms with Gasteiger partial charge in [-0.05, 0) is 6.92 Å². The van der Waals surface area contributed by atoms with E-state index in [-0.39, 0.29) is 11.7 Å². The lowest BCUT2D eigenvalue weighted by Gasteiger charge is -2.26. The van der Waals surface area contributed by atoms with Crippen molar-refractivity contribution >= 4 is 11.7 Å². The molecular weight excluding hydrogens is 234 g/mol. The van der Waals surface area contributed by atoms with Crippen molar-refractivity contribution in [1.29, 1.82) is 0 Å². The zero-order valence-electron chi connectivity index (χ0n) is 10.6. The Morgan fingerprint density at radius 2 is 2.39 bits per heavy atom. The molecule has 2 aliphatic heterocycles. The summed E-state index contributed by atoms with van der Waals surface area (Å²) < 4.78 is 10.0. The number of rotatable bonds is 3. The van der Waals surface area contributed by atoms with Crippen LogP contribution < -0.4 is 11.1 Å². The summed E-state index contributed by atoms with van der Waals surface area (Å²) in [6.07, 6.45) is 0.784. The van der Waals surface area contributed by atoms with Gasteiger partial charge in [-0.3, -0.25) is 4.99 Å². The van der Waals surface area contributed by atoms with Crippen molar-refractivity contribution in [3.63, 3.8) is 0 Å². The van der Waals surface area contributed by atoms with Gasteiger partial charge in [-0.1, -0.05) is 0 Å². The first-order valence-electron chi connectivity index (χ1n) is 6.23. The topological polar surface area (TPSA) is 85.9 Å². The van der Waals surface area contributed by atoms with Crippen molar-refractivity contribution in [2.24, 2.45) is 10.7 Å². The van der Waals surface area contributed by atoms with E-state index in [1.165, 1.54) is 0 Å². The predicted octanol–water partition coefficient (Wildman–Crippen LogP) is -0.405. The number of hydrogen-bond donors (Lipinski definition) is 2. The van der Waals surface area contributed by atoms with Crippen LogP contribution in [-0.2, 0) is 14.3 Å². The second-order valence-electron chi connectivity index (χ2n) is 4.31. The number of nitrogens with two attached hydrogens (primary N) is 1. The Kier molecular flexibility index (Phi) is 4.33. The molecule has 0 spiro atoms. The first-order valence-corrected chi connectivity index (χ1v) is 6.23. The fraction of sp³-hybridized carbons (Fsp3) is 0.667. The number of nitrogens with one attached hydrogen (secondary N) is 1. The van der Waals surface area contributed by atoms with Crippen molar-refractivity contribution in [2.75, 3.05) is 32.9 Å². The highest BCUT2D eigenvalue weighted by Crippen LogP contribution is 2.14. The number of carbonyl (C=O) groups excluding carboxylic acids is 1. The van der Waals surface area contributed by atoms with E-state index in [9.17, 15) is 4.79 Å².